The number of phosphoric ester groups is 1. The Hall–Kier alpha value is -2.76. The summed E-state index contributed by atoms with van der Waals surface area (Å²) in [5.74, 6) is -0.979. The Morgan fingerprint density at radius 2 is 1.16 bits per heavy atom. The van der Waals surface area contributed by atoms with Crippen LogP contribution in [0.2, 0.25) is 0 Å². The Bertz CT molecular complexity index is 3530. The molecule has 0 radical (unpaired) electrons. The molecule has 0 saturated carbocycles. The SMILES string of the molecule is C.CC.CC.Cn1nc2c(c1CC(=O)N=c1scc(-c3ccccc3)n1COP(=O)([O-])[O-])c(=O)n(C)c(=O)n2C.Cn1nc2c(c1CC(=O)Nc1nc(-c3ccccc3)cs1)c(=O)n(C)c(=O)n2C.I[I-]I.[Na+].[Na+]. The molecule has 0 saturated heterocycles. The number of fused-ring (bicyclic) bond motifs is 2. The number of rotatable bonds is 10. The van der Waals surface area contributed by atoms with Crippen molar-refractivity contribution >= 4 is 107 Å². The molecular weight excluding hydrogens is 1380 g/mol. The smallest absolute Gasteiger partial charge is 1.00 e. The van der Waals surface area contributed by atoms with Crippen LogP contribution in [-0.2, 0) is 80.5 Å². The minimum atomic E-state index is -5.29. The van der Waals surface area contributed by atoms with Crippen LogP contribution < -0.4 is 115 Å². The number of carbonyl (C=O) groups excluding carboxylic acids is 2. The van der Waals surface area contributed by atoms with Gasteiger partial charge >= 0.3 is 121 Å². The van der Waals surface area contributed by atoms with Crippen molar-refractivity contribution in [2.45, 2.75) is 54.7 Å². The number of benzene rings is 2. The van der Waals surface area contributed by atoms with E-state index in [0.29, 0.717) is 35.3 Å². The molecule has 0 spiro atoms. The van der Waals surface area contributed by atoms with E-state index in [1.807, 2.05) is 63.4 Å². The van der Waals surface area contributed by atoms with E-state index in [2.05, 4.69) is 67.2 Å². The van der Waals surface area contributed by atoms with Gasteiger partial charge in [-0.2, -0.15) is 15.2 Å². The molecule has 2 aromatic carbocycles. The van der Waals surface area contributed by atoms with Gasteiger partial charge in [0.1, 0.15) is 17.5 Å². The van der Waals surface area contributed by atoms with Crippen molar-refractivity contribution in [3.05, 3.63) is 129 Å². The Labute approximate surface area is 507 Å². The van der Waals surface area contributed by atoms with Gasteiger partial charge in [0.25, 0.3) is 17.0 Å². The van der Waals surface area contributed by atoms with Crippen LogP contribution >= 0.6 is 67.7 Å². The molecule has 0 bridgehead atoms. The van der Waals surface area contributed by atoms with Gasteiger partial charge in [-0.25, -0.2) is 14.6 Å². The monoisotopic (exact) mass is 1430 g/mol. The van der Waals surface area contributed by atoms with Crippen LogP contribution in [-0.4, -0.2) is 59.2 Å². The van der Waals surface area contributed by atoms with Crippen molar-refractivity contribution < 1.29 is 101 Å². The molecule has 6 aromatic heterocycles. The van der Waals surface area contributed by atoms with Gasteiger partial charge in [0.15, 0.2) is 21.2 Å². The maximum absolute atomic E-state index is 12.9. The van der Waals surface area contributed by atoms with Crippen molar-refractivity contribution in [1.29, 1.82) is 0 Å². The van der Waals surface area contributed by atoms with E-state index in [-0.39, 0.29) is 118 Å². The second-order valence-electron chi connectivity index (χ2n) is 14.2. The van der Waals surface area contributed by atoms with E-state index >= 15 is 0 Å². The quantitative estimate of drug-likeness (QED) is 0.0773. The first kappa shape index (κ1) is 69.3. The van der Waals surface area contributed by atoms with Gasteiger partial charge in [0, 0.05) is 58.6 Å². The molecule has 0 aliphatic carbocycles. The first-order valence-electron chi connectivity index (χ1n) is 21.1. The third kappa shape index (κ3) is 17.1. The van der Waals surface area contributed by atoms with Crippen LogP contribution in [0.4, 0.5) is 5.13 Å². The van der Waals surface area contributed by atoms with E-state index in [1.54, 1.807) is 56.9 Å². The summed E-state index contributed by atoms with van der Waals surface area (Å²) in [6.07, 6.45) is -0.387. The maximum Gasteiger partial charge on any atom is 1.00 e. The number of aromatic nitrogens is 10. The van der Waals surface area contributed by atoms with E-state index in [1.165, 1.54) is 55.5 Å². The molecule has 0 atom stereocenters. The third-order valence-electron chi connectivity index (χ3n) is 10.0. The van der Waals surface area contributed by atoms with Crippen molar-refractivity contribution in [2.24, 2.45) is 47.3 Å². The summed E-state index contributed by atoms with van der Waals surface area (Å²) in [6, 6.07) is 18.5. The van der Waals surface area contributed by atoms with Crippen LogP contribution in [0.15, 0.2) is 95.6 Å². The van der Waals surface area contributed by atoms with Crippen LogP contribution in [0.25, 0.3) is 44.6 Å². The first-order chi connectivity index (χ1) is 33.8. The van der Waals surface area contributed by atoms with Gasteiger partial charge in [-0.05, 0) is 5.56 Å². The third-order valence-corrected chi connectivity index (χ3v) is 12.1. The zero-order chi connectivity index (χ0) is 52.9. The van der Waals surface area contributed by atoms with Gasteiger partial charge in [0.05, 0.1) is 43.4 Å². The number of amides is 2. The number of halogens is 3. The largest absolute Gasteiger partial charge is 1.00 e. The number of carbonyl (C=O) groups is 2. The molecule has 390 valence electrons. The van der Waals surface area contributed by atoms with Crippen LogP contribution in [0.1, 0.15) is 46.5 Å². The molecule has 30 heteroatoms. The minimum absolute atomic E-state index is 0. The summed E-state index contributed by atoms with van der Waals surface area (Å²) in [5, 5.41) is 15.6. The average molecular weight is 1430 g/mol. The number of hydrogen-bond donors (Lipinski definition) is 1. The van der Waals surface area contributed by atoms with Crippen LogP contribution in [0.5, 0.6) is 0 Å². The fourth-order valence-corrected chi connectivity index (χ4v) is 8.64. The number of phosphoric acid groups is 1. The second kappa shape index (κ2) is 32.2. The number of thiazole rings is 2. The molecule has 8 rings (SSSR count). The molecule has 6 heterocycles. The predicted molar refractivity (Wildman–Crippen MR) is 290 cm³/mol. The summed E-state index contributed by atoms with van der Waals surface area (Å²) in [6.45, 7) is 7.33. The zero-order valence-electron chi connectivity index (χ0n) is 41.9. The molecule has 0 unspecified atom stereocenters. The minimum Gasteiger partial charge on any atom is 1.00 e. The maximum atomic E-state index is 12.9. The Morgan fingerprint density at radius 1 is 0.716 bits per heavy atom. The van der Waals surface area contributed by atoms with E-state index < -0.39 is 43.0 Å². The van der Waals surface area contributed by atoms with E-state index in [9.17, 15) is 43.1 Å². The summed E-state index contributed by atoms with van der Waals surface area (Å²) in [7, 11) is 3.64. The fourth-order valence-electron chi connectivity index (χ4n) is 6.73. The number of anilines is 1. The van der Waals surface area contributed by atoms with Crippen molar-refractivity contribution in [3.8, 4) is 22.5 Å². The molecule has 22 nitrogen and oxygen atoms in total. The van der Waals surface area contributed by atoms with Crippen molar-refractivity contribution in [1.82, 2.24) is 47.4 Å². The first-order valence-corrected chi connectivity index (χ1v) is 36.9. The Balaban J connectivity index is 0.000000644. The van der Waals surface area contributed by atoms with Gasteiger partial charge in [0.2, 0.25) is 5.91 Å². The zero-order valence-corrected chi connectivity index (χ0v) is 54.9. The summed E-state index contributed by atoms with van der Waals surface area (Å²) >= 11 is 7.67. The Morgan fingerprint density at radius 3 is 1.62 bits per heavy atom. The molecular formula is C44H53I3N12Na2O10PS2-. The summed E-state index contributed by atoms with van der Waals surface area (Å²) in [5.41, 5.74) is 1.93. The molecule has 1 N–H and O–H groups in total. The predicted octanol–water partition coefficient (Wildman–Crippen LogP) is -4.28. The van der Waals surface area contributed by atoms with Gasteiger partial charge in [-0.1, -0.05) is 95.8 Å². The van der Waals surface area contributed by atoms with Crippen LogP contribution in [0.3, 0.4) is 0 Å². The van der Waals surface area contributed by atoms with Crippen molar-refractivity contribution in [2.75, 3.05) is 5.32 Å². The second-order valence-corrected chi connectivity index (χ2v) is 33.3. The molecule has 0 fully saturated rings. The average Bonchev–Trinajstić information content (AvgIpc) is 4.15. The van der Waals surface area contributed by atoms with Gasteiger partial charge in [-0.15, -0.1) is 22.7 Å². The van der Waals surface area contributed by atoms with E-state index in [0.717, 1.165) is 31.7 Å². The molecule has 0 aliphatic heterocycles. The standard InChI is InChI=1S/C20H21N6O7PS.C19H18N6O3S.2C2H6.CH4.I3.2Na/c1-23-17-16(18(28)24(2)20(23)29)13(25(3)22-17)9-15(27)21-19-26(11-33-34(30,31)32)14(10-35-19)12-7-5-4-6-8-12;1-23-16-15(17(27)24(2)19(23)28)13(25(3)22-16)9-14(26)21-18-20-12(10-29-18)11-7-5-4-6-8-11;2*1-2;;1-3-2;;/h4-8,10H,9,11H2,1-3H3,(H2,30,31,32);4-8,10H,9H2,1-3H3,(H,20,21,26);2*1-2H3;1H4;;;/q;;;;;-1;2*+1/p-2. The normalized spacial score (nSPS) is 10.8. The van der Waals surface area contributed by atoms with Gasteiger partial charge < -0.3 is 24.2 Å². The van der Waals surface area contributed by atoms with Crippen molar-refractivity contribution in [3.63, 3.8) is 0 Å². The van der Waals surface area contributed by atoms with E-state index in [4.69, 9.17) is 0 Å². The molecule has 2 amide bonds. The molecule has 8 aromatic rings. The number of hydrogen-bond acceptors (Lipinski definition) is 15. The summed E-state index contributed by atoms with van der Waals surface area (Å²) in [4.78, 5) is 106. The summed E-state index contributed by atoms with van der Waals surface area (Å²) < 4.78 is 24.1. The number of nitrogens with zero attached hydrogens (tertiary/aromatic N) is 11. The topological polar surface area (TPSA) is 272 Å². The number of nitrogens with one attached hydrogen (secondary N) is 1. The Kier molecular flexibility index (Phi) is 30.1. The van der Waals surface area contributed by atoms with Crippen LogP contribution in [0, 0.1) is 0 Å². The van der Waals surface area contributed by atoms with Gasteiger partial charge in [-0.3, -0.25) is 51.4 Å². The molecule has 74 heavy (non-hydrogen) atoms. The molecule has 0 aliphatic rings. The number of aryl methyl sites for hydroxylation is 4. The fraction of sp³-hybridized carbons (Fsp3) is 0.318.